The van der Waals surface area contributed by atoms with E-state index in [1.54, 1.807) is 0 Å². The van der Waals surface area contributed by atoms with Crippen molar-refractivity contribution >= 4 is 49.4 Å². The van der Waals surface area contributed by atoms with Crippen LogP contribution in [0.2, 0.25) is 5.02 Å². The Bertz CT molecular complexity index is 1350. The third kappa shape index (κ3) is 8.89. The van der Waals surface area contributed by atoms with Gasteiger partial charge in [-0.15, -0.1) is 0 Å². The molecule has 0 heterocycles. The zero-order valence-electron chi connectivity index (χ0n) is 22.2. The highest BCUT2D eigenvalue weighted by Crippen LogP contribution is 2.20. The van der Waals surface area contributed by atoms with Gasteiger partial charge >= 0.3 is 0 Å². The van der Waals surface area contributed by atoms with Crippen LogP contribution in [0.25, 0.3) is 0 Å². The van der Waals surface area contributed by atoms with Gasteiger partial charge in [0.1, 0.15) is 6.04 Å². The number of carbonyl (C=O) groups is 2. The maximum Gasteiger partial charge on any atom is 0.243 e. The van der Waals surface area contributed by atoms with Gasteiger partial charge in [-0.2, -0.15) is 4.31 Å². The number of nitrogens with one attached hydrogen (secondary N) is 1. The van der Waals surface area contributed by atoms with Gasteiger partial charge in [-0.25, -0.2) is 8.42 Å². The van der Waals surface area contributed by atoms with E-state index >= 15 is 0 Å². The van der Waals surface area contributed by atoms with Crippen molar-refractivity contribution in [2.75, 3.05) is 20.1 Å². The Morgan fingerprint density at radius 2 is 1.54 bits per heavy atom. The zero-order chi connectivity index (χ0) is 28.6. The third-order valence-electron chi connectivity index (χ3n) is 6.10. The predicted molar refractivity (Wildman–Crippen MR) is 158 cm³/mol. The Kier molecular flexibility index (Phi) is 11.1. The van der Waals surface area contributed by atoms with Gasteiger partial charge in [-0.1, -0.05) is 83.8 Å². The van der Waals surface area contributed by atoms with Crippen LogP contribution in [-0.2, 0) is 32.6 Å². The SMILES string of the molecule is CC(C)CNC(=O)[C@@H](Cc1ccccc1)N(Cc1ccc(Br)cc1)C(=O)CN(C)S(=O)(=O)c1ccc(Cl)cc1. The number of halogens is 2. The molecule has 3 aromatic carbocycles. The van der Waals surface area contributed by atoms with Crippen molar-refractivity contribution < 1.29 is 18.0 Å². The largest absolute Gasteiger partial charge is 0.354 e. The van der Waals surface area contributed by atoms with Crippen LogP contribution in [-0.4, -0.2) is 55.6 Å². The summed E-state index contributed by atoms with van der Waals surface area (Å²) in [6, 6.07) is 21.8. The molecule has 0 radical (unpaired) electrons. The highest BCUT2D eigenvalue weighted by molar-refractivity contribution is 9.10. The summed E-state index contributed by atoms with van der Waals surface area (Å²) in [7, 11) is -2.62. The van der Waals surface area contributed by atoms with Crippen LogP contribution in [0.1, 0.15) is 25.0 Å². The Labute approximate surface area is 244 Å². The quantitative estimate of drug-likeness (QED) is 0.299. The lowest BCUT2D eigenvalue weighted by molar-refractivity contribution is -0.141. The van der Waals surface area contributed by atoms with E-state index in [9.17, 15) is 18.0 Å². The number of carbonyl (C=O) groups excluding carboxylic acids is 2. The first-order chi connectivity index (χ1) is 18.5. The topological polar surface area (TPSA) is 86.8 Å². The molecule has 10 heteroatoms. The van der Waals surface area contributed by atoms with Crippen LogP contribution in [0.15, 0.2) is 88.2 Å². The Hall–Kier alpha value is -2.72. The zero-order valence-corrected chi connectivity index (χ0v) is 25.3. The molecule has 0 bridgehead atoms. The summed E-state index contributed by atoms with van der Waals surface area (Å²) in [6.45, 7) is 4.13. The minimum atomic E-state index is -3.97. The standard InChI is InChI=1S/C29H33BrClN3O4S/c1-21(2)18-32-29(36)27(17-22-7-5-4-6-8-22)34(19-23-9-11-24(30)12-10-23)28(35)20-33(3)39(37,38)26-15-13-25(31)14-16-26/h4-16,21,27H,17-20H2,1-3H3,(H,32,36)/t27-/m1/s1. The first-order valence-corrected chi connectivity index (χ1v) is 15.2. The summed E-state index contributed by atoms with van der Waals surface area (Å²) >= 11 is 9.35. The second kappa shape index (κ2) is 14.1. The molecule has 7 nitrogen and oxygen atoms in total. The summed E-state index contributed by atoms with van der Waals surface area (Å²) < 4.78 is 28.3. The maximum absolute atomic E-state index is 13.8. The van der Waals surface area contributed by atoms with Crippen LogP contribution >= 0.6 is 27.5 Å². The normalized spacial score (nSPS) is 12.4. The fourth-order valence-corrected chi connectivity index (χ4v) is 5.43. The maximum atomic E-state index is 13.8. The van der Waals surface area contributed by atoms with E-state index in [1.165, 1.54) is 36.2 Å². The van der Waals surface area contributed by atoms with E-state index in [0.29, 0.717) is 11.6 Å². The minimum absolute atomic E-state index is 0.0252. The second-order valence-corrected chi connectivity index (χ2v) is 13.1. The monoisotopic (exact) mass is 633 g/mol. The van der Waals surface area contributed by atoms with Crippen molar-refractivity contribution in [3.05, 3.63) is 99.5 Å². The molecule has 2 amide bonds. The lowest BCUT2D eigenvalue weighted by Crippen LogP contribution is -2.53. The van der Waals surface area contributed by atoms with E-state index in [1.807, 2.05) is 68.4 Å². The molecule has 1 atom stereocenters. The molecule has 0 aromatic heterocycles. The summed E-state index contributed by atoms with van der Waals surface area (Å²) in [5, 5.41) is 3.37. The van der Waals surface area contributed by atoms with Crippen molar-refractivity contribution in [2.24, 2.45) is 5.92 Å². The van der Waals surface area contributed by atoms with Crippen LogP contribution in [0, 0.1) is 5.92 Å². The summed E-state index contributed by atoms with van der Waals surface area (Å²) in [5.41, 5.74) is 1.70. The molecule has 3 rings (SSSR count). The fourth-order valence-electron chi connectivity index (χ4n) is 3.92. The van der Waals surface area contributed by atoms with Crippen LogP contribution < -0.4 is 5.32 Å². The Morgan fingerprint density at radius 1 is 0.923 bits per heavy atom. The molecule has 0 spiro atoms. The lowest BCUT2D eigenvalue weighted by atomic mass is 10.0. The van der Waals surface area contributed by atoms with Gasteiger partial charge in [0, 0.05) is 36.1 Å². The molecule has 0 fully saturated rings. The summed E-state index contributed by atoms with van der Waals surface area (Å²) in [6.07, 6.45) is 0.278. The van der Waals surface area contributed by atoms with E-state index in [-0.39, 0.29) is 29.7 Å². The Morgan fingerprint density at radius 3 is 2.13 bits per heavy atom. The number of likely N-dealkylation sites (N-methyl/N-ethyl adjacent to an activating group) is 1. The van der Waals surface area contributed by atoms with E-state index < -0.39 is 28.5 Å². The average molecular weight is 635 g/mol. The molecule has 0 saturated heterocycles. The summed E-state index contributed by atoms with van der Waals surface area (Å²) in [4.78, 5) is 28.9. The van der Waals surface area contributed by atoms with Crippen molar-refractivity contribution in [1.29, 1.82) is 0 Å². The number of amides is 2. The third-order valence-corrected chi connectivity index (χ3v) is 8.70. The predicted octanol–water partition coefficient (Wildman–Crippen LogP) is 5.14. The molecule has 39 heavy (non-hydrogen) atoms. The van der Waals surface area contributed by atoms with Crippen molar-refractivity contribution in [2.45, 2.75) is 37.8 Å². The molecule has 0 unspecified atom stereocenters. The molecular weight excluding hydrogens is 602 g/mol. The molecule has 0 aliphatic carbocycles. The van der Waals surface area contributed by atoms with Gasteiger partial charge in [0.15, 0.2) is 0 Å². The number of nitrogens with zero attached hydrogens (tertiary/aromatic N) is 2. The van der Waals surface area contributed by atoms with Gasteiger partial charge in [-0.05, 0) is 53.4 Å². The molecular formula is C29H33BrClN3O4S. The van der Waals surface area contributed by atoms with Crippen molar-refractivity contribution in [3.63, 3.8) is 0 Å². The average Bonchev–Trinajstić information content (AvgIpc) is 2.91. The van der Waals surface area contributed by atoms with E-state index in [2.05, 4.69) is 21.2 Å². The molecule has 0 aliphatic rings. The van der Waals surface area contributed by atoms with Crippen LogP contribution in [0.3, 0.4) is 0 Å². The number of benzene rings is 3. The van der Waals surface area contributed by atoms with Crippen molar-refractivity contribution in [3.8, 4) is 0 Å². The minimum Gasteiger partial charge on any atom is -0.354 e. The van der Waals surface area contributed by atoms with E-state index in [0.717, 1.165) is 19.9 Å². The number of hydrogen-bond donors (Lipinski definition) is 1. The van der Waals surface area contributed by atoms with Gasteiger partial charge in [-0.3, -0.25) is 9.59 Å². The van der Waals surface area contributed by atoms with Crippen molar-refractivity contribution in [1.82, 2.24) is 14.5 Å². The van der Waals surface area contributed by atoms with Gasteiger partial charge in [0.2, 0.25) is 21.8 Å². The molecule has 3 aromatic rings. The van der Waals surface area contributed by atoms with Gasteiger partial charge in [0.05, 0.1) is 11.4 Å². The Balaban J connectivity index is 1.96. The van der Waals surface area contributed by atoms with Gasteiger partial charge < -0.3 is 10.2 Å². The highest BCUT2D eigenvalue weighted by atomic mass is 79.9. The first-order valence-electron chi connectivity index (χ1n) is 12.5. The lowest BCUT2D eigenvalue weighted by Gasteiger charge is -2.33. The van der Waals surface area contributed by atoms with Crippen LogP contribution in [0.5, 0.6) is 0 Å². The second-order valence-electron chi connectivity index (χ2n) is 9.71. The highest BCUT2D eigenvalue weighted by Gasteiger charge is 2.33. The molecule has 0 saturated carbocycles. The first kappa shape index (κ1) is 30.8. The van der Waals surface area contributed by atoms with E-state index in [4.69, 9.17) is 11.6 Å². The van der Waals surface area contributed by atoms with Crippen LogP contribution in [0.4, 0.5) is 0 Å². The molecule has 208 valence electrons. The molecule has 0 aliphatic heterocycles. The number of hydrogen-bond acceptors (Lipinski definition) is 4. The molecule has 1 N–H and O–H groups in total. The summed E-state index contributed by atoms with van der Waals surface area (Å²) in [5.74, 6) is -0.558. The number of sulfonamides is 1. The number of rotatable bonds is 12. The fraction of sp³-hybridized carbons (Fsp3) is 0.310. The van der Waals surface area contributed by atoms with Gasteiger partial charge in [0.25, 0.3) is 0 Å². The smallest absolute Gasteiger partial charge is 0.243 e.